The second-order valence-electron chi connectivity index (χ2n) is 29.7. The number of H-pyrrole nitrogens is 1. The van der Waals surface area contributed by atoms with Crippen LogP contribution < -0.4 is 46.1 Å². The average Bonchev–Trinajstić information content (AvgIpc) is 1.07. The van der Waals surface area contributed by atoms with Gasteiger partial charge in [0.2, 0.25) is 0 Å². The number of carboxylic acid groups (broad SMARTS) is 1. The van der Waals surface area contributed by atoms with E-state index in [2.05, 4.69) is 50.3 Å². The van der Waals surface area contributed by atoms with Crippen molar-refractivity contribution in [3.8, 4) is 63.1 Å². The zero-order valence-corrected chi connectivity index (χ0v) is 72.7. The van der Waals surface area contributed by atoms with E-state index in [0.29, 0.717) is 129 Å². The highest BCUT2D eigenvalue weighted by Crippen LogP contribution is 2.38. The number of benzene rings is 8. The highest BCUT2D eigenvalue weighted by molar-refractivity contribution is 7.17. The predicted molar refractivity (Wildman–Crippen MR) is 490 cm³/mol. The second-order valence-corrected chi connectivity index (χ2v) is 32.2. The third-order valence-electron chi connectivity index (χ3n) is 21.0. The second kappa shape index (κ2) is 37.9. The van der Waals surface area contributed by atoms with Crippen molar-refractivity contribution in [2.24, 2.45) is 0 Å². The standard InChI is InChI=1S/C35H25F2N5O4S.C27H17F2N5O3S.C21H19FN4O2.C13H7FN2O3S/c1-20-32-31(13-14-38-33(32)41(40-20)18-21-3-10-25(45-2)11-4-21)46-30-12-5-22(15-27(30)37)16-29(43)26-17-28-35(47-19-39-28)42(34(26)44)24-8-6-23(36)7-9-24;1-14-24-23(8-9-30-25(24)33-32-14)37-22-7-2-15(10-19(22)29)11-21(35)18-12-20-27(38-13-31-20)34(26(18)36)17-5-3-16(28)4-6-17;1-13-20-19(28-18-8-5-15(23)11-17(18)22)9-10-24-21(20)26(25-13)12-14-3-6-16(27-2)7-4-14;14-7-1-3-8(4-2-7)16-11(17)9(13(18)19)5-10-12(16)20-6-15-10/h3-15,17,19H,16,18H2,1-2H3;2-10,12-13H,11H2,1H3,(H,30,32,33);3-11H,12,23H2,1-2H3;1-6H,(H,18,19). The van der Waals surface area contributed by atoms with Crippen LogP contribution in [0.3, 0.4) is 0 Å². The fourth-order valence-corrected chi connectivity index (χ4v) is 17.0. The fraction of sp³-hybridized carbons (Fsp3) is 0.0938. The van der Waals surface area contributed by atoms with E-state index in [4.69, 9.17) is 34.5 Å². The maximum absolute atomic E-state index is 15.4. The summed E-state index contributed by atoms with van der Waals surface area (Å²) < 4.78 is 120. The summed E-state index contributed by atoms with van der Waals surface area (Å²) in [5.41, 5.74) is 17.4. The number of methoxy groups -OCH3 is 2. The van der Waals surface area contributed by atoms with Gasteiger partial charge in [-0.25, -0.2) is 70.4 Å². The normalized spacial score (nSPS) is 11.2. The Balaban J connectivity index is 0.000000129. The topological polar surface area (TPSA) is 351 Å². The first-order valence-electron chi connectivity index (χ1n) is 40.2. The van der Waals surface area contributed by atoms with Gasteiger partial charge in [0.25, 0.3) is 16.7 Å². The number of aryl methyl sites for hydroxylation is 3. The number of halogens is 6. The van der Waals surface area contributed by atoms with Gasteiger partial charge in [0.1, 0.15) is 66.3 Å². The number of Topliss-reactive ketones (excluding diaryl/α,β-unsaturated/α-hetero) is 2. The molecule has 0 aliphatic rings. The molecule has 0 bridgehead atoms. The van der Waals surface area contributed by atoms with Gasteiger partial charge >= 0.3 is 5.97 Å². The first-order valence-corrected chi connectivity index (χ1v) is 42.8. The number of nitrogens with two attached hydrogens (primary N) is 1. The number of nitrogens with zero attached hydrogens (tertiary/aromatic N) is 14. The molecular formula is C96H68F6N16O12S3. The van der Waals surface area contributed by atoms with Gasteiger partial charge in [-0.05, 0) is 213 Å². The van der Waals surface area contributed by atoms with E-state index in [-0.39, 0.29) is 46.8 Å². The van der Waals surface area contributed by atoms with Gasteiger partial charge in [0.05, 0.1) is 116 Å². The lowest BCUT2D eigenvalue weighted by Gasteiger charge is -2.11. The highest BCUT2D eigenvalue weighted by Gasteiger charge is 2.26. The van der Waals surface area contributed by atoms with Crippen LogP contribution in [0.25, 0.3) is 81.2 Å². The molecule has 12 aromatic heterocycles. The molecule has 28 nitrogen and oxygen atoms in total. The predicted octanol–water partition coefficient (Wildman–Crippen LogP) is 19.2. The Hall–Kier alpha value is -16.7. The maximum Gasteiger partial charge on any atom is 0.341 e. The van der Waals surface area contributed by atoms with Gasteiger partial charge < -0.3 is 34.5 Å². The number of aromatic nitrogens is 15. The molecule has 8 aromatic carbocycles. The molecule has 0 radical (unpaired) electrons. The zero-order chi connectivity index (χ0) is 93.0. The summed E-state index contributed by atoms with van der Waals surface area (Å²) in [5, 5.41) is 27.2. The average molecular weight is 1850 g/mol. The molecule has 0 unspecified atom stereocenters. The third-order valence-corrected chi connectivity index (χ3v) is 23.5. The van der Waals surface area contributed by atoms with Gasteiger partial charge in [-0.1, -0.05) is 36.4 Å². The van der Waals surface area contributed by atoms with Crippen molar-refractivity contribution in [3.05, 3.63) is 369 Å². The zero-order valence-electron chi connectivity index (χ0n) is 70.3. The monoisotopic (exact) mass is 1850 g/mol. The van der Waals surface area contributed by atoms with Crippen molar-refractivity contribution < 1.29 is 69.5 Å². The van der Waals surface area contributed by atoms with Crippen LogP contribution in [0.4, 0.5) is 32.0 Å². The Labute approximate surface area is 758 Å². The first kappa shape index (κ1) is 88.4. The molecule has 0 fully saturated rings. The number of rotatable bonds is 22. The number of ether oxygens (including phenoxy) is 5. The summed E-state index contributed by atoms with van der Waals surface area (Å²) in [7, 11) is 3.25. The van der Waals surface area contributed by atoms with Crippen LogP contribution in [-0.2, 0) is 25.9 Å². The fourth-order valence-electron chi connectivity index (χ4n) is 14.6. The number of anilines is 1. The van der Waals surface area contributed by atoms with Crippen LogP contribution >= 0.6 is 34.0 Å². The van der Waals surface area contributed by atoms with Crippen LogP contribution in [0.1, 0.15) is 70.4 Å². The van der Waals surface area contributed by atoms with E-state index < -0.39 is 69.1 Å². The van der Waals surface area contributed by atoms with E-state index in [1.54, 1.807) is 83.4 Å². The lowest BCUT2D eigenvalue weighted by Crippen LogP contribution is -2.26. The molecule has 37 heteroatoms. The van der Waals surface area contributed by atoms with E-state index in [9.17, 15) is 50.7 Å². The number of hydrogen-bond acceptors (Lipinski definition) is 24. The molecule has 20 rings (SSSR count). The number of ketones is 2. The van der Waals surface area contributed by atoms with Gasteiger partial charge in [-0.2, -0.15) is 15.3 Å². The van der Waals surface area contributed by atoms with Crippen molar-refractivity contribution in [1.29, 1.82) is 0 Å². The number of aromatic amines is 1. The molecule has 0 saturated heterocycles. The number of carbonyl (C=O) groups excluding carboxylic acids is 2. The van der Waals surface area contributed by atoms with Gasteiger partial charge in [0.15, 0.2) is 63.2 Å². The first-order chi connectivity index (χ1) is 64.3. The molecule has 0 aliphatic heterocycles. The quantitative estimate of drug-likeness (QED) is 0.0322. The highest BCUT2D eigenvalue weighted by atomic mass is 32.1. The van der Waals surface area contributed by atoms with Crippen molar-refractivity contribution >= 4 is 121 Å². The molecule has 0 spiro atoms. The van der Waals surface area contributed by atoms with Crippen LogP contribution in [0.15, 0.2) is 262 Å². The van der Waals surface area contributed by atoms with E-state index in [0.717, 1.165) is 39.4 Å². The molecule has 0 amide bonds. The molecular weight excluding hydrogens is 1780 g/mol. The Kier molecular flexibility index (Phi) is 25.2. The minimum absolute atomic E-state index is 0.0307. The number of pyridine rings is 6. The van der Waals surface area contributed by atoms with Crippen molar-refractivity contribution in [3.63, 3.8) is 0 Å². The van der Waals surface area contributed by atoms with Crippen molar-refractivity contribution in [2.75, 3.05) is 20.0 Å². The summed E-state index contributed by atoms with van der Waals surface area (Å²) >= 11 is 3.67. The van der Waals surface area contributed by atoms with E-state index in [1.807, 2.05) is 69.3 Å². The van der Waals surface area contributed by atoms with Crippen LogP contribution in [0.5, 0.6) is 46.0 Å². The number of carboxylic acids is 1. The minimum Gasteiger partial charge on any atom is -0.497 e. The number of nitrogens with one attached hydrogen (secondary N) is 1. The maximum atomic E-state index is 15.4. The third kappa shape index (κ3) is 18.7. The summed E-state index contributed by atoms with van der Waals surface area (Å²) in [4.78, 5) is 104. The summed E-state index contributed by atoms with van der Waals surface area (Å²) in [6.45, 7) is 6.52. The minimum atomic E-state index is -1.32. The van der Waals surface area contributed by atoms with Crippen molar-refractivity contribution in [1.82, 2.24) is 73.4 Å². The lowest BCUT2D eigenvalue weighted by atomic mass is 10.0. The van der Waals surface area contributed by atoms with Crippen LogP contribution in [-0.4, -0.2) is 110 Å². The molecule has 0 saturated carbocycles. The smallest absolute Gasteiger partial charge is 0.341 e. The molecule has 4 N–H and O–H groups in total. The number of nitrogen functional groups attached to an aromatic ring is 1. The lowest BCUT2D eigenvalue weighted by molar-refractivity contribution is 0.0694. The van der Waals surface area contributed by atoms with Gasteiger partial charge in [-0.3, -0.25) is 42.8 Å². The van der Waals surface area contributed by atoms with Crippen LogP contribution in [0, 0.1) is 55.7 Å². The summed E-state index contributed by atoms with van der Waals surface area (Å²) in [6, 6.07) is 53.3. The molecule has 20 aromatic rings. The molecule has 0 atom stereocenters. The Morgan fingerprint density at radius 1 is 0.406 bits per heavy atom. The molecule has 664 valence electrons. The number of aromatic carboxylic acids is 1. The van der Waals surface area contributed by atoms with E-state index in [1.165, 1.54) is 187 Å². The van der Waals surface area contributed by atoms with Crippen LogP contribution in [0.2, 0.25) is 0 Å². The Morgan fingerprint density at radius 2 is 0.759 bits per heavy atom. The molecule has 12 heterocycles. The Morgan fingerprint density at radius 3 is 1.14 bits per heavy atom. The van der Waals surface area contributed by atoms with Gasteiger partial charge in [-0.15, -0.1) is 34.0 Å². The van der Waals surface area contributed by atoms with Gasteiger partial charge in [0, 0.05) is 48.9 Å². The molecule has 0 aliphatic carbocycles. The number of thiazole rings is 3. The largest absolute Gasteiger partial charge is 0.497 e. The number of hydrogen-bond donors (Lipinski definition) is 3. The van der Waals surface area contributed by atoms with Crippen molar-refractivity contribution in [2.45, 2.75) is 46.7 Å². The Bertz CT molecular complexity index is 8080. The SMILES string of the molecule is COc1ccc(Cn2nc(C)c3c(Oc4ccc(CC(=O)c5cc6ncsc6n(-c6ccc(F)cc6)c5=O)cc4F)ccnc32)cc1.COc1ccc(Cn2nc(C)c3c(Oc4ccc(N)cc4F)ccnc32)cc1.Cc1[nH]nc2nccc(Oc3ccc(CC(=O)c4cc5ncsc5n(-c5ccc(F)cc5)c4=O)cc3F)c12.O=C(O)c1cc2ncsc2n(-c2ccc(F)cc2)c1=O. The number of carbonyl (C=O) groups is 3. The number of fused-ring (bicyclic) bond motifs is 6. The van der Waals surface area contributed by atoms with E-state index >= 15 is 4.39 Å². The summed E-state index contributed by atoms with van der Waals surface area (Å²) in [5.74, 6) is -2.68. The molecule has 133 heavy (non-hydrogen) atoms. The summed E-state index contributed by atoms with van der Waals surface area (Å²) in [6.07, 6.45) is 4.26.